The molecule has 1 heterocycles. The summed E-state index contributed by atoms with van der Waals surface area (Å²) in [7, 11) is 0. The van der Waals surface area contributed by atoms with E-state index in [0.717, 1.165) is 11.6 Å². The molecule has 18 heavy (non-hydrogen) atoms. The molecule has 0 amide bonds. The van der Waals surface area contributed by atoms with E-state index < -0.39 is 11.6 Å². The van der Waals surface area contributed by atoms with E-state index in [2.05, 4.69) is 4.98 Å². The molecule has 0 fully saturated rings. The Morgan fingerprint density at radius 3 is 2.56 bits per heavy atom. The van der Waals surface area contributed by atoms with E-state index in [-0.39, 0.29) is 11.3 Å². The Hall–Kier alpha value is -2.10. The zero-order valence-electron chi connectivity index (χ0n) is 9.78. The van der Waals surface area contributed by atoms with E-state index in [0.29, 0.717) is 12.1 Å². The maximum Gasteiger partial charge on any atom is 0.135 e. The molecule has 2 nitrogen and oxygen atoms in total. The fourth-order valence-corrected chi connectivity index (χ4v) is 1.67. The SMILES string of the molecule is CC(=O)Cc1ccc(-c2ccc(F)cc2F)nc1. The van der Waals surface area contributed by atoms with Crippen LogP contribution in [0.4, 0.5) is 8.78 Å². The van der Waals surface area contributed by atoms with Gasteiger partial charge in [0, 0.05) is 24.2 Å². The van der Waals surface area contributed by atoms with Crippen molar-refractivity contribution in [2.45, 2.75) is 13.3 Å². The van der Waals surface area contributed by atoms with Crippen LogP contribution in [0.2, 0.25) is 0 Å². The van der Waals surface area contributed by atoms with Crippen LogP contribution in [0.25, 0.3) is 11.3 Å². The Morgan fingerprint density at radius 2 is 2.00 bits per heavy atom. The van der Waals surface area contributed by atoms with Gasteiger partial charge in [-0.2, -0.15) is 0 Å². The van der Waals surface area contributed by atoms with Crippen LogP contribution in [0, 0.1) is 11.6 Å². The average Bonchev–Trinajstić information content (AvgIpc) is 2.30. The summed E-state index contributed by atoms with van der Waals surface area (Å²) in [4.78, 5) is 15.0. The second-order valence-corrected chi connectivity index (χ2v) is 4.05. The summed E-state index contributed by atoms with van der Waals surface area (Å²) in [5.74, 6) is -1.23. The number of benzene rings is 1. The van der Waals surface area contributed by atoms with Gasteiger partial charge >= 0.3 is 0 Å². The maximum atomic E-state index is 13.5. The van der Waals surface area contributed by atoms with Crippen LogP contribution < -0.4 is 0 Å². The van der Waals surface area contributed by atoms with Gasteiger partial charge in [0.05, 0.1) is 5.69 Å². The quantitative estimate of drug-likeness (QED) is 0.833. The lowest BCUT2D eigenvalue weighted by Crippen LogP contribution is -1.97. The third-order valence-electron chi connectivity index (χ3n) is 2.48. The molecule has 0 aliphatic rings. The first-order valence-electron chi connectivity index (χ1n) is 5.46. The first-order chi connectivity index (χ1) is 8.56. The van der Waals surface area contributed by atoms with Crippen molar-refractivity contribution >= 4 is 5.78 Å². The summed E-state index contributed by atoms with van der Waals surface area (Å²) in [6, 6.07) is 6.68. The van der Waals surface area contributed by atoms with E-state index >= 15 is 0 Å². The Labute approximate surface area is 103 Å². The molecule has 0 aliphatic carbocycles. The van der Waals surface area contributed by atoms with Crippen LogP contribution in [0.15, 0.2) is 36.5 Å². The minimum Gasteiger partial charge on any atom is -0.300 e. The van der Waals surface area contributed by atoms with E-state index in [9.17, 15) is 13.6 Å². The van der Waals surface area contributed by atoms with Crippen LogP contribution in [0.1, 0.15) is 12.5 Å². The summed E-state index contributed by atoms with van der Waals surface area (Å²) in [6.45, 7) is 1.49. The number of carbonyl (C=O) groups excluding carboxylic acids is 1. The Kier molecular flexibility index (Phi) is 3.46. The Bertz CT molecular complexity index is 579. The standard InChI is InChI=1S/C14H11F2NO/c1-9(18)6-10-2-5-14(17-8-10)12-4-3-11(15)7-13(12)16/h2-5,7-8H,6H2,1H3. The predicted octanol–water partition coefficient (Wildman–Crippen LogP) is 3.16. The van der Waals surface area contributed by atoms with Crippen LogP contribution in [0.5, 0.6) is 0 Å². The fraction of sp³-hybridized carbons (Fsp3) is 0.143. The molecule has 92 valence electrons. The molecular weight excluding hydrogens is 236 g/mol. The van der Waals surface area contributed by atoms with Crippen molar-refractivity contribution in [1.82, 2.24) is 4.98 Å². The zero-order chi connectivity index (χ0) is 13.1. The third-order valence-corrected chi connectivity index (χ3v) is 2.48. The van der Waals surface area contributed by atoms with Gasteiger partial charge in [0.15, 0.2) is 0 Å². The zero-order valence-corrected chi connectivity index (χ0v) is 9.78. The van der Waals surface area contributed by atoms with Gasteiger partial charge in [-0.25, -0.2) is 8.78 Å². The van der Waals surface area contributed by atoms with Gasteiger partial charge in [0.1, 0.15) is 17.4 Å². The van der Waals surface area contributed by atoms with Gasteiger partial charge in [0.2, 0.25) is 0 Å². The van der Waals surface area contributed by atoms with Gasteiger partial charge in [-0.05, 0) is 30.7 Å². The van der Waals surface area contributed by atoms with Crippen molar-refractivity contribution in [2.75, 3.05) is 0 Å². The first-order valence-corrected chi connectivity index (χ1v) is 5.46. The summed E-state index contributed by atoms with van der Waals surface area (Å²) in [5.41, 5.74) is 1.43. The Morgan fingerprint density at radius 1 is 1.22 bits per heavy atom. The molecule has 2 rings (SSSR count). The average molecular weight is 247 g/mol. The van der Waals surface area contributed by atoms with E-state index in [1.165, 1.54) is 25.3 Å². The van der Waals surface area contributed by atoms with Gasteiger partial charge < -0.3 is 0 Å². The van der Waals surface area contributed by atoms with Crippen LogP contribution in [0.3, 0.4) is 0 Å². The summed E-state index contributed by atoms with van der Waals surface area (Å²) < 4.78 is 26.3. The Balaban J connectivity index is 2.31. The molecule has 1 aromatic carbocycles. The van der Waals surface area contributed by atoms with Gasteiger partial charge in [-0.15, -0.1) is 0 Å². The summed E-state index contributed by atoms with van der Waals surface area (Å²) in [6.07, 6.45) is 1.83. The largest absolute Gasteiger partial charge is 0.300 e. The topological polar surface area (TPSA) is 30.0 Å². The van der Waals surface area contributed by atoms with Crippen molar-refractivity contribution < 1.29 is 13.6 Å². The fourth-order valence-electron chi connectivity index (χ4n) is 1.67. The molecule has 0 saturated carbocycles. The van der Waals surface area contributed by atoms with Crippen molar-refractivity contribution in [2.24, 2.45) is 0 Å². The summed E-state index contributed by atoms with van der Waals surface area (Å²) >= 11 is 0. The van der Waals surface area contributed by atoms with Gasteiger partial charge in [-0.3, -0.25) is 9.78 Å². The van der Waals surface area contributed by atoms with Gasteiger partial charge in [0.25, 0.3) is 0 Å². The number of hydrogen-bond donors (Lipinski definition) is 0. The third kappa shape index (κ3) is 2.77. The lowest BCUT2D eigenvalue weighted by atomic mass is 10.1. The number of hydrogen-bond acceptors (Lipinski definition) is 2. The second kappa shape index (κ2) is 5.04. The normalized spacial score (nSPS) is 10.4. The number of Topliss-reactive ketones (excluding diaryl/α,β-unsaturated/α-hetero) is 1. The van der Waals surface area contributed by atoms with E-state index in [1.807, 2.05) is 0 Å². The lowest BCUT2D eigenvalue weighted by Gasteiger charge is -2.04. The highest BCUT2D eigenvalue weighted by molar-refractivity contribution is 5.78. The molecule has 4 heteroatoms. The van der Waals surface area contributed by atoms with Gasteiger partial charge in [-0.1, -0.05) is 6.07 Å². The highest BCUT2D eigenvalue weighted by Crippen LogP contribution is 2.21. The maximum absolute atomic E-state index is 13.5. The van der Waals surface area contributed by atoms with E-state index in [4.69, 9.17) is 0 Å². The molecule has 0 aliphatic heterocycles. The predicted molar refractivity (Wildman–Crippen MR) is 64.0 cm³/mol. The molecule has 0 saturated heterocycles. The number of pyridine rings is 1. The number of carbonyl (C=O) groups is 1. The molecular formula is C14H11F2NO. The number of nitrogens with zero attached hydrogens (tertiary/aromatic N) is 1. The number of ketones is 1. The number of rotatable bonds is 3. The number of aromatic nitrogens is 1. The highest BCUT2D eigenvalue weighted by Gasteiger charge is 2.07. The van der Waals surface area contributed by atoms with Crippen molar-refractivity contribution in [3.63, 3.8) is 0 Å². The van der Waals surface area contributed by atoms with E-state index in [1.54, 1.807) is 12.1 Å². The molecule has 1 aromatic heterocycles. The monoisotopic (exact) mass is 247 g/mol. The molecule has 0 bridgehead atoms. The van der Waals surface area contributed by atoms with Crippen LogP contribution >= 0.6 is 0 Å². The molecule has 0 N–H and O–H groups in total. The highest BCUT2D eigenvalue weighted by atomic mass is 19.1. The van der Waals surface area contributed by atoms with Crippen molar-refractivity contribution in [3.8, 4) is 11.3 Å². The molecule has 0 unspecified atom stereocenters. The second-order valence-electron chi connectivity index (χ2n) is 4.05. The van der Waals surface area contributed by atoms with Crippen LogP contribution in [-0.2, 0) is 11.2 Å². The smallest absolute Gasteiger partial charge is 0.135 e. The molecule has 0 spiro atoms. The molecule has 2 aromatic rings. The van der Waals surface area contributed by atoms with Crippen molar-refractivity contribution in [3.05, 3.63) is 53.7 Å². The minimum absolute atomic E-state index is 0.0394. The van der Waals surface area contributed by atoms with Crippen LogP contribution in [-0.4, -0.2) is 10.8 Å². The minimum atomic E-state index is -0.651. The molecule has 0 atom stereocenters. The summed E-state index contributed by atoms with van der Waals surface area (Å²) in [5, 5.41) is 0. The number of halogens is 2. The lowest BCUT2D eigenvalue weighted by molar-refractivity contribution is -0.116. The first kappa shape index (κ1) is 12.4. The molecule has 0 radical (unpaired) electrons. The van der Waals surface area contributed by atoms with Crippen molar-refractivity contribution in [1.29, 1.82) is 0 Å².